The van der Waals surface area contributed by atoms with Gasteiger partial charge in [0.05, 0.1) is 17.0 Å². The summed E-state index contributed by atoms with van der Waals surface area (Å²) in [6.07, 6.45) is 1.63. The lowest BCUT2D eigenvalue weighted by Gasteiger charge is -2.30. The number of anilines is 1. The molecule has 1 saturated heterocycles. The van der Waals surface area contributed by atoms with Crippen molar-refractivity contribution in [2.45, 2.75) is 44.9 Å². The zero-order chi connectivity index (χ0) is 24.0. The molecule has 9 heteroatoms. The van der Waals surface area contributed by atoms with Gasteiger partial charge in [0, 0.05) is 30.1 Å². The van der Waals surface area contributed by atoms with Gasteiger partial charge in [0.25, 0.3) is 5.91 Å². The number of carbonyl (C=O) groups excluding carboxylic acids is 2. The summed E-state index contributed by atoms with van der Waals surface area (Å²) in [5.41, 5.74) is 1.43. The van der Waals surface area contributed by atoms with Gasteiger partial charge in [0.1, 0.15) is 0 Å². The molecule has 2 N–H and O–H groups in total. The minimum Gasteiger partial charge on any atom is -0.350 e. The second kappa shape index (κ2) is 11.1. The third-order valence-electron chi connectivity index (χ3n) is 5.93. The van der Waals surface area contributed by atoms with Crippen LogP contribution in [0.1, 0.15) is 49.0 Å². The topological polar surface area (TPSA) is 95.6 Å². The van der Waals surface area contributed by atoms with E-state index in [1.807, 2.05) is 13.8 Å². The molecule has 2 amide bonds. The Morgan fingerprint density at radius 3 is 2.39 bits per heavy atom. The summed E-state index contributed by atoms with van der Waals surface area (Å²) in [6.45, 7) is 4.44. The average Bonchev–Trinajstić information content (AvgIpc) is 2.80. The summed E-state index contributed by atoms with van der Waals surface area (Å²) in [7, 11) is -3.53. The largest absolute Gasteiger partial charge is 0.350 e. The molecule has 7 nitrogen and oxygen atoms in total. The van der Waals surface area contributed by atoms with Crippen molar-refractivity contribution in [1.29, 1.82) is 0 Å². The molecule has 0 spiro atoms. The number of amides is 2. The van der Waals surface area contributed by atoms with Crippen LogP contribution in [0.25, 0.3) is 0 Å². The Hall–Kier alpha value is -2.42. The van der Waals surface area contributed by atoms with E-state index in [0.717, 1.165) is 6.42 Å². The molecule has 0 radical (unpaired) electrons. The van der Waals surface area contributed by atoms with Gasteiger partial charge < -0.3 is 10.6 Å². The number of rotatable bonds is 8. The van der Waals surface area contributed by atoms with Gasteiger partial charge in [-0.3, -0.25) is 9.59 Å². The van der Waals surface area contributed by atoms with E-state index in [0.29, 0.717) is 34.7 Å². The van der Waals surface area contributed by atoms with Crippen molar-refractivity contribution >= 4 is 39.1 Å². The zero-order valence-electron chi connectivity index (χ0n) is 18.9. The molecule has 1 aliphatic heterocycles. The van der Waals surface area contributed by atoms with Crippen molar-refractivity contribution in [3.63, 3.8) is 0 Å². The van der Waals surface area contributed by atoms with Crippen LogP contribution in [0.4, 0.5) is 5.69 Å². The van der Waals surface area contributed by atoms with Crippen molar-refractivity contribution in [3.8, 4) is 0 Å². The maximum atomic E-state index is 12.9. The van der Waals surface area contributed by atoms with Crippen LogP contribution in [0.3, 0.4) is 0 Å². The molecule has 2 aromatic carbocycles. The number of hydrogen-bond donors (Lipinski definition) is 2. The molecule has 33 heavy (non-hydrogen) atoms. The van der Waals surface area contributed by atoms with Crippen molar-refractivity contribution in [2.24, 2.45) is 5.92 Å². The minimum absolute atomic E-state index is 0.0262. The third kappa shape index (κ3) is 6.56. The second-order valence-corrected chi connectivity index (χ2v) is 10.7. The first kappa shape index (κ1) is 25.2. The smallest absolute Gasteiger partial charge is 0.253 e. The van der Waals surface area contributed by atoms with Crippen LogP contribution in [0.15, 0.2) is 48.5 Å². The summed E-state index contributed by atoms with van der Waals surface area (Å²) in [5.74, 6) is -0.938. The van der Waals surface area contributed by atoms with Crippen LogP contribution in [-0.4, -0.2) is 43.7 Å². The molecule has 2 aromatic rings. The molecular formula is C24H30ClN3O4S. The minimum atomic E-state index is -3.53. The van der Waals surface area contributed by atoms with Gasteiger partial charge >= 0.3 is 0 Å². The van der Waals surface area contributed by atoms with E-state index in [1.165, 1.54) is 4.31 Å². The number of carbonyl (C=O) groups is 2. The number of hydrogen-bond acceptors (Lipinski definition) is 4. The number of benzene rings is 2. The summed E-state index contributed by atoms with van der Waals surface area (Å²) in [5, 5.41) is 6.20. The Bertz CT molecular complexity index is 1100. The third-order valence-corrected chi connectivity index (χ3v) is 8.13. The maximum absolute atomic E-state index is 12.9. The number of nitrogens with zero attached hydrogens (tertiary/aromatic N) is 1. The van der Waals surface area contributed by atoms with E-state index >= 15 is 0 Å². The first-order valence-corrected chi connectivity index (χ1v) is 13.1. The number of sulfonamides is 1. The molecule has 1 atom stereocenters. The highest BCUT2D eigenvalue weighted by Crippen LogP contribution is 2.26. The summed E-state index contributed by atoms with van der Waals surface area (Å²) < 4.78 is 27.1. The lowest BCUT2D eigenvalue weighted by Crippen LogP contribution is -2.42. The van der Waals surface area contributed by atoms with Gasteiger partial charge in [0.15, 0.2) is 0 Å². The lowest BCUT2D eigenvalue weighted by molar-refractivity contribution is -0.120. The van der Waals surface area contributed by atoms with Crippen molar-refractivity contribution in [1.82, 2.24) is 9.62 Å². The normalized spacial score (nSPS) is 16.2. The van der Waals surface area contributed by atoms with E-state index in [-0.39, 0.29) is 42.6 Å². The van der Waals surface area contributed by atoms with E-state index in [1.54, 1.807) is 48.5 Å². The molecule has 1 heterocycles. The van der Waals surface area contributed by atoms with Crippen LogP contribution in [0, 0.1) is 5.92 Å². The molecule has 3 rings (SSSR count). The molecule has 0 unspecified atom stereocenters. The van der Waals surface area contributed by atoms with E-state index in [2.05, 4.69) is 10.6 Å². The van der Waals surface area contributed by atoms with Crippen LogP contribution in [0.2, 0.25) is 5.02 Å². The fraction of sp³-hybridized carbons (Fsp3) is 0.417. The van der Waals surface area contributed by atoms with Gasteiger partial charge in [-0.1, -0.05) is 48.9 Å². The number of nitrogens with one attached hydrogen (secondary N) is 2. The maximum Gasteiger partial charge on any atom is 0.253 e. The Kier molecular flexibility index (Phi) is 8.51. The van der Waals surface area contributed by atoms with Crippen LogP contribution in [-0.2, 0) is 20.6 Å². The molecule has 0 saturated carbocycles. The molecule has 1 fully saturated rings. The van der Waals surface area contributed by atoms with Gasteiger partial charge in [-0.15, -0.1) is 0 Å². The Morgan fingerprint density at radius 2 is 1.73 bits per heavy atom. The quantitative estimate of drug-likeness (QED) is 0.582. The number of para-hydroxylation sites is 1. The summed E-state index contributed by atoms with van der Waals surface area (Å²) >= 11 is 6.12. The van der Waals surface area contributed by atoms with E-state index < -0.39 is 10.0 Å². The molecule has 0 aromatic heterocycles. The fourth-order valence-corrected chi connectivity index (χ4v) is 5.60. The Morgan fingerprint density at radius 1 is 1.09 bits per heavy atom. The highest BCUT2D eigenvalue weighted by atomic mass is 35.5. The van der Waals surface area contributed by atoms with Gasteiger partial charge in [0.2, 0.25) is 15.9 Å². The molecule has 0 bridgehead atoms. The molecule has 1 aliphatic rings. The Labute approximate surface area is 200 Å². The zero-order valence-corrected chi connectivity index (χ0v) is 20.5. The highest BCUT2D eigenvalue weighted by Gasteiger charge is 2.32. The summed E-state index contributed by atoms with van der Waals surface area (Å²) in [6, 6.07) is 13.8. The fourth-order valence-electron chi connectivity index (χ4n) is 3.73. The standard InChI is InChI=1S/C24H30ClN3O4S/c1-3-17(2)26-24(30)20-9-5-7-11-22(20)27-23(29)18-12-14-28(15-13-18)33(31,32)16-19-8-4-6-10-21(19)25/h4-11,17-18H,3,12-16H2,1-2H3,(H,26,30)(H,27,29)/t17-/m1/s1. The monoisotopic (exact) mass is 491 g/mol. The molecule has 178 valence electrons. The van der Waals surface area contributed by atoms with E-state index in [9.17, 15) is 18.0 Å². The predicted molar refractivity (Wildman–Crippen MR) is 131 cm³/mol. The van der Waals surface area contributed by atoms with Gasteiger partial charge in [-0.25, -0.2) is 12.7 Å². The van der Waals surface area contributed by atoms with Crippen molar-refractivity contribution in [2.75, 3.05) is 18.4 Å². The lowest BCUT2D eigenvalue weighted by atomic mass is 9.97. The van der Waals surface area contributed by atoms with Crippen molar-refractivity contribution in [3.05, 3.63) is 64.7 Å². The van der Waals surface area contributed by atoms with Crippen LogP contribution >= 0.6 is 11.6 Å². The van der Waals surface area contributed by atoms with Crippen molar-refractivity contribution < 1.29 is 18.0 Å². The molecular weight excluding hydrogens is 462 g/mol. The van der Waals surface area contributed by atoms with Gasteiger partial charge in [-0.05, 0) is 49.9 Å². The number of halogens is 1. The number of piperidine rings is 1. The first-order valence-electron chi connectivity index (χ1n) is 11.1. The first-order chi connectivity index (χ1) is 15.7. The highest BCUT2D eigenvalue weighted by molar-refractivity contribution is 7.88. The predicted octanol–water partition coefficient (Wildman–Crippen LogP) is 4.05. The summed E-state index contributed by atoms with van der Waals surface area (Å²) in [4.78, 5) is 25.5. The Balaban J connectivity index is 1.60. The average molecular weight is 492 g/mol. The second-order valence-electron chi connectivity index (χ2n) is 8.34. The van der Waals surface area contributed by atoms with Gasteiger partial charge in [-0.2, -0.15) is 0 Å². The van der Waals surface area contributed by atoms with E-state index in [4.69, 9.17) is 11.6 Å². The van der Waals surface area contributed by atoms with Crippen LogP contribution in [0.5, 0.6) is 0 Å². The SMILES string of the molecule is CC[C@@H](C)NC(=O)c1ccccc1NC(=O)C1CCN(S(=O)(=O)Cc2ccccc2Cl)CC1. The molecule has 0 aliphatic carbocycles. The van der Waals surface area contributed by atoms with Crippen LogP contribution < -0.4 is 10.6 Å².